The minimum absolute atomic E-state index is 0.0589. The van der Waals surface area contributed by atoms with Gasteiger partial charge in [-0.05, 0) is 67.8 Å². The van der Waals surface area contributed by atoms with Crippen LogP contribution < -0.4 is 16.4 Å². The smallest absolute Gasteiger partial charge is 0.247 e. The highest BCUT2D eigenvalue weighted by atomic mass is 16.2. The number of nitrogens with one attached hydrogen (secondary N) is 2. The van der Waals surface area contributed by atoms with Gasteiger partial charge in [-0.2, -0.15) is 0 Å². The van der Waals surface area contributed by atoms with Crippen molar-refractivity contribution in [2.75, 3.05) is 11.9 Å². The van der Waals surface area contributed by atoms with Crippen molar-refractivity contribution in [3.8, 4) is 0 Å². The molecule has 0 aliphatic heterocycles. The Bertz CT molecular complexity index is 615. The van der Waals surface area contributed by atoms with Crippen LogP contribution in [0.3, 0.4) is 0 Å². The molecular weight excluding hydrogens is 326 g/mol. The predicted octanol–water partition coefficient (Wildman–Crippen LogP) is 3.16. The number of hydrogen-bond donors (Lipinski definition) is 3. The Morgan fingerprint density at radius 3 is 2.65 bits per heavy atom. The molecule has 0 aromatic heterocycles. The summed E-state index contributed by atoms with van der Waals surface area (Å²) in [6.07, 6.45) is 7.34. The Morgan fingerprint density at radius 2 is 1.92 bits per heavy atom. The van der Waals surface area contributed by atoms with Crippen LogP contribution in [0.1, 0.15) is 63.5 Å². The van der Waals surface area contributed by atoms with Crippen molar-refractivity contribution in [2.24, 2.45) is 11.7 Å². The number of carbonyl (C=O) groups excluding carboxylic acids is 2. The van der Waals surface area contributed by atoms with E-state index in [2.05, 4.69) is 22.8 Å². The highest BCUT2D eigenvalue weighted by Crippen LogP contribution is 2.25. The summed E-state index contributed by atoms with van der Waals surface area (Å²) in [7, 11) is 0. The van der Waals surface area contributed by atoms with Crippen LogP contribution in [0.15, 0.2) is 18.2 Å². The third-order valence-electron chi connectivity index (χ3n) is 5.29. The lowest BCUT2D eigenvalue weighted by molar-refractivity contribution is -0.127. The largest absolute Gasteiger partial charge is 0.344 e. The van der Waals surface area contributed by atoms with Crippen molar-refractivity contribution in [1.29, 1.82) is 0 Å². The van der Waals surface area contributed by atoms with E-state index in [4.69, 9.17) is 5.73 Å². The molecule has 0 unspecified atom stereocenters. The van der Waals surface area contributed by atoms with Gasteiger partial charge < -0.3 is 16.4 Å². The second kappa shape index (κ2) is 10.3. The standard InChI is InChI=1S/C21H33N3O2/c1-3-15(2)20(24-19(25)10-5-4-6-13-22)21(26)23-18-12-11-16-8-7-9-17(16)14-18/h11-12,14-15,20H,3-10,13,22H2,1-2H3,(H,23,26)(H,24,25)/t15-,20+/m0/s1. The van der Waals surface area contributed by atoms with E-state index in [1.807, 2.05) is 19.9 Å². The number of fused-ring (bicyclic) bond motifs is 1. The minimum Gasteiger partial charge on any atom is -0.344 e. The first kappa shape index (κ1) is 20.4. The second-order valence-corrected chi connectivity index (χ2v) is 7.36. The molecule has 1 aromatic rings. The van der Waals surface area contributed by atoms with Crippen molar-refractivity contribution in [2.45, 2.75) is 71.3 Å². The fourth-order valence-electron chi connectivity index (χ4n) is 3.42. The molecule has 26 heavy (non-hydrogen) atoms. The first-order valence-electron chi connectivity index (χ1n) is 9.97. The van der Waals surface area contributed by atoms with Crippen molar-refractivity contribution < 1.29 is 9.59 Å². The van der Waals surface area contributed by atoms with Crippen LogP contribution in [0.5, 0.6) is 0 Å². The van der Waals surface area contributed by atoms with Gasteiger partial charge in [0.15, 0.2) is 0 Å². The molecule has 4 N–H and O–H groups in total. The van der Waals surface area contributed by atoms with Gasteiger partial charge in [-0.25, -0.2) is 0 Å². The molecule has 0 fully saturated rings. The van der Waals surface area contributed by atoms with E-state index in [9.17, 15) is 9.59 Å². The zero-order valence-corrected chi connectivity index (χ0v) is 16.1. The molecule has 1 aromatic carbocycles. The molecule has 0 radical (unpaired) electrons. The maximum Gasteiger partial charge on any atom is 0.247 e. The van der Waals surface area contributed by atoms with E-state index in [1.165, 1.54) is 17.5 Å². The zero-order chi connectivity index (χ0) is 18.9. The normalized spacial score (nSPS) is 15.2. The summed E-state index contributed by atoms with van der Waals surface area (Å²) < 4.78 is 0. The van der Waals surface area contributed by atoms with Crippen LogP contribution in [0.4, 0.5) is 5.69 Å². The molecule has 0 saturated carbocycles. The molecular formula is C21H33N3O2. The van der Waals surface area contributed by atoms with Crippen LogP contribution in [-0.2, 0) is 22.4 Å². The average molecular weight is 360 g/mol. The summed E-state index contributed by atoms with van der Waals surface area (Å²) in [6.45, 7) is 4.69. The topological polar surface area (TPSA) is 84.2 Å². The highest BCUT2D eigenvalue weighted by molar-refractivity contribution is 5.97. The summed E-state index contributed by atoms with van der Waals surface area (Å²) in [5.41, 5.74) is 9.01. The fourth-order valence-corrected chi connectivity index (χ4v) is 3.42. The number of hydrogen-bond acceptors (Lipinski definition) is 3. The van der Waals surface area contributed by atoms with Crippen molar-refractivity contribution in [3.05, 3.63) is 29.3 Å². The monoisotopic (exact) mass is 359 g/mol. The summed E-state index contributed by atoms with van der Waals surface area (Å²) in [6, 6.07) is 5.63. The van der Waals surface area contributed by atoms with Crippen molar-refractivity contribution in [3.63, 3.8) is 0 Å². The van der Waals surface area contributed by atoms with Gasteiger partial charge in [0, 0.05) is 12.1 Å². The van der Waals surface area contributed by atoms with Gasteiger partial charge in [-0.15, -0.1) is 0 Å². The molecule has 0 saturated heterocycles. The molecule has 0 bridgehead atoms. The van der Waals surface area contributed by atoms with Crippen LogP contribution in [-0.4, -0.2) is 24.4 Å². The average Bonchev–Trinajstić information content (AvgIpc) is 3.10. The lowest BCUT2D eigenvalue weighted by Crippen LogP contribution is -2.47. The first-order chi connectivity index (χ1) is 12.5. The SMILES string of the molecule is CC[C@H](C)[C@@H](NC(=O)CCCCCN)C(=O)Nc1ccc2c(c1)CCC2. The highest BCUT2D eigenvalue weighted by Gasteiger charge is 2.26. The molecule has 2 atom stereocenters. The van der Waals surface area contributed by atoms with Crippen molar-refractivity contribution >= 4 is 17.5 Å². The molecule has 2 rings (SSSR count). The Labute approximate surface area is 157 Å². The van der Waals surface area contributed by atoms with Crippen LogP contribution in [0.2, 0.25) is 0 Å². The minimum atomic E-state index is -0.504. The van der Waals surface area contributed by atoms with Crippen LogP contribution in [0.25, 0.3) is 0 Å². The second-order valence-electron chi connectivity index (χ2n) is 7.36. The van der Waals surface area contributed by atoms with Gasteiger partial charge in [0.1, 0.15) is 6.04 Å². The Hall–Kier alpha value is -1.88. The molecule has 1 aliphatic carbocycles. The van der Waals surface area contributed by atoms with E-state index in [-0.39, 0.29) is 17.7 Å². The van der Waals surface area contributed by atoms with E-state index >= 15 is 0 Å². The number of carbonyl (C=O) groups is 2. The van der Waals surface area contributed by atoms with Gasteiger partial charge in [0.05, 0.1) is 0 Å². The maximum atomic E-state index is 12.8. The number of aryl methyl sites for hydroxylation is 2. The van der Waals surface area contributed by atoms with E-state index < -0.39 is 6.04 Å². The Kier molecular flexibility index (Phi) is 8.10. The molecule has 5 nitrogen and oxygen atoms in total. The third kappa shape index (κ3) is 5.84. The Balaban J connectivity index is 1.94. The molecule has 144 valence electrons. The first-order valence-corrected chi connectivity index (χ1v) is 9.97. The number of rotatable bonds is 10. The molecule has 5 heteroatoms. The number of amides is 2. The summed E-state index contributed by atoms with van der Waals surface area (Å²) in [4.78, 5) is 25.0. The molecule has 0 heterocycles. The number of nitrogens with two attached hydrogens (primary N) is 1. The Morgan fingerprint density at radius 1 is 1.15 bits per heavy atom. The third-order valence-corrected chi connectivity index (χ3v) is 5.29. The molecule has 0 spiro atoms. The van der Waals surface area contributed by atoms with Gasteiger partial charge >= 0.3 is 0 Å². The summed E-state index contributed by atoms with van der Waals surface area (Å²) in [5, 5.41) is 5.93. The van der Waals surface area contributed by atoms with Gasteiger partial charge in [-0.1, -0.05) is 32.8 Å². The summed E-state index contributed by atoms with van der Waals surface area (Å²) >= 11 is 0. The van der Waals surface area contributed by atoms with Gasteiger partial charge in [-0.3, -0.25) is 9.59 Å². The quantitative estimate of drug-likeness (QED) is 0.561. The van der Waals surface area contributed by atoms with Gasteiger partial charge in [0.2, 0.25) is 11.8 Å². The predicted molar refractivity (Wildman–Crippen MR) is 106 cm³/mol. The lowest BCUT2D eigenvalue weighted by Gasteiger charge is -2.24. The number of benzene rings is 1. The molecule has 1 aliphatic rings. The lowest BCUT2D eigenvalue weighted by atomic mass is 9.97. The summed E-state index contributed by atoms with van der Waals surface area (Å²) in [5.74, 6) is -0.110. The maximum absolute atomic E-state index is 12.8. The zero-order valence-electron chi connectivity index (χ0n) is 16.1. The van der Waals surface area contributed by atoms with Gasteiger partial charge in [0.25, 0.3) is 0 Å². The number of unbranched alkanes of at least 4 members (excludes halogenated alkanes) is 2. The van der Waals surface area contributed by atoms with Crippen LogP contribution in [0, 0.1) is 5.92 Å². The van der Waals surface area contributed by atoms with Crippen molar-refractivity contribution in [1.82, 2.24) is 5.32 Å². The van der Waals surface area contributed by atoms with Crippen LogP contribution >= 0.6 is 0 Å². The van der Waals surface area contributed by atoms with E-state index in [0.717, 1.165) is 44.2 Å². The van der Waals surface area contributed by atoms with E-state index in [0.29, 0.717) is 13.0 Å². The number of anilines is 1. The molecule has 2 amide bonds. The fraction of sp³-hybridized carbons (Fsp3) is 0.619. The van der Waals surface area contributed by atoms with E-state index in [1.54, 1.807) is 0 Å².